The summed E-state index contributed by atoms with van der Waals surface area (Å²) in [5.41, 5.74) is 5.93. The van der Waals surface area contributed by atoms with E-state index in [0.29, 0.717) is 0 Å². The molecule has 3 aromatic heterocycles. The van der Waals surface area contributed by atoms with Crippen LogP contribution in [0.1, 0.15) is 11.1 Å². The van der Waals surface area contributed by atoms with E-state index >= 15 is 0 Å². The molecule has 3 heterocycles. The molecule has 0 saturated heterocycles. The predicted molar refractivity (Wildman–Crippen MR) is 80.2 cm³/mol. The van der Waals surface area contributed by atoms with Crippen molar-refractivity contribution >= 4 is 0 Å². The number of aromatic nitrogens is 3. The molecule has 0 aliphatic heterocycles. The first kappa shape index (κ1) is 12.5. The van der Waals surface area contributed by atoms with Crippen LogP contribution in [0.2, 0.25) is 0 Å². The molecule has 0 aliphatic carbocycles. The molecule has 0 N–H and O–H groups in total. The van der Waals surface area contributed by atoms with Gasteiger partial charge in [-0.25, -0.2) is 4.98 Å². The quantitative estimate of drug-likeness (QED) is 0.704. The summed E-state index contributed by atoms with van der Waals surface area (Å²) in [6.45, 7) is 4.17. The Morgan fingerprint density at radius 2 is 1.40 bits per heavy atom. The molecule has 0 amide bonds. The molecular weight excluding hydrogens is 246 g/mol. The van der Waals surface area contributed by atoms with Gasteiger partial charge >= 0.3 is 0 Å². The molecule has 3 rings (SSSR count). The van der Waals surface area contributed by atoms with Gasteiger partial charge in [0.25, 0.3) is 0 Å². The number of rotatable bonds is 2. The fourth-order valence-electron chi connectivity index (χ4n) is 2.13. The van der Waals surface area contributed by atoms with Crippen LogP contribution in [-0.4, -0.2) is 15.0 Å². The lowest BCUT2D eigenvalue weighted by molar-refractivity contribution is 1.17. The minimum atomic E-state index is 0.882. The van der Waals surface area contributed by atoms with Crippen molar-refractivity contribution in [2.24, 2.45) is 0 Å². The second kappa shape index (κ2) is 5.21. The zero-order valence-electron chi connectivity index (χ0n) is 11.5. The molecule has 20 heavy (non-hydrogen) atoms. The van der Waals surface area contributed by atoms with Gasteiger partial charge in [-0.1, -0.05) is 12.1 Å². The highest BCUT2D eigenvalue weighted by Crippen LogP contribution is 2.26. The lowest BCUT2D eigenvalue weighted by atomic mass is 10.0. The average molecular weight is 261 g/mol. The summed E-state index contributed by atoms with van der Waals surface area (Å²) in [5.74, 6) is 0. The number of pyridine rings is 3. The van der Waals surface area contributed by atoms with Crippen molar-refractivity contribution in [3.05, 3.63) is 66.0 Å². The van der Waals surface area contributed by atoms with Gasteiger partial charge in [0.05, 0.1) is 22.8 Å². The Morgan fingerprint density at radius 1 is 0.750 bits per heavy atom. The third kappa shape index (κ3) is 2.30. The van der Waals surface area contributed by atoms with Crippen LogP contribution in [-0.2, 0) is 0 Å². The van der Waals surface area contributed by atoms with Gasteiger partial charge in [0.2, 0.25) is 0 Å². The number of hydrogen-bond acceptors (Lipinski definition) is 3. The van der Waals surface area contributed by atoms with E-state index < -0.39 is 0 Å². The van der Waals surface area contributed by atoms with E-state index in [4.69, 9.17) is 4.98 Å². The van der Waals surface area contributed by atoms with Gasteiger partial charge in [0, 0.05) is 12.4 Å². The van der Waals surface area contributed by atoms with Crippen molar-refractivity contribution in [2.45, 2.75) is 13.8 Å². The maximum Gasteiger partial charge on any atom is 0.0926 e. The number of hydrogen-bond donors (Lipinski definition) is 0. The molecule has 0 saturated carbocycles. The standard InChI is InChI=1S/C17H15N3/c1-12-11-16(14-7-3-5-9-18-14)20-17(13(12)2)15-8-4-6-10-19-15/h3-11H,1-2H3. The Labute approximate surface area is 118 Å². The fourth-order valence-corrected chi connectivity index (χ4v) is 2.13. The lowest BCUT2D eigenvalue weighted by Gasteiger charge is -2.10. The normalized spacial score (nSPS) is 10.5. The van der Waals surface area contributed by atoms with E-state index in [1.54, 1.807) is 12.4 Å². The van der Waals surface area contributed by atoms with Crippen molar-refractivity contribution < 1.29 is 0 Å². The molecule has 0 bridgehead atoms. The Morgan fingerprint density at radius 3 is 2.00 bits per heavy atom. The highest BCUT2D eigenvalue weighted by atomic mass is 14.8. The summed E-state index contributed by atoms with van der Waals surface area (Å²) in [5, 5.41) is 0. The first-order valence-electron chi connectivity index (χ1n) is 6.57. The van der Waals surface area contributed by atoms with Crippen LogP contribution in [0.25, 0.3) is 22.8 Å². The summed E-state index contributed by atoms with van der Waals surface area (Å²) in [6.07, 6.45) is 3.58. The number of aryl methyl sites for hydroxylation is 1. The molecule has 0 radical (unpaired) electrons. The van der Waals surface area contributed by atoms with Crippen LogP contribution in [0, 0.1) is 13.8 Å². The predicted octanol–water partition coefficient (Wildman–Crippen LogP) is 3.82. The zero-order chi connectivity index (χ0) is 13.9. The molecule has 98 valence electrons. The van der Waals surface area contributed by atoms with E-state index in [1.165, 1.54) is 5.56 Å². The van der Waals surface area contributed by atoms with Crippen molar-refractivity contribution in [1.82, 2.24) is 15.0 Å². The van der Waals surface area contributed by atoms with Crippen LogP contribution in [0.15, 0.2) is 54.9 Å². The fraction of sp³-hybridized carbons (Fsp3) is 0.118. The van der Waals surface area contributed by atoms with Crippen molar-refractivity contribution in [2.75, 3.05) is 0 Å². The van der Waals surface area contributed by atoms with Gasteiger partial charge < -0.3 is 0 Å². The van der Waals surface area contributed by atoms with E-state index in [2.05, 4.69) is 29.9 Å². The third-order valence-electron chi connectivity index (χ3n) is 3.37. The second-order valence-electron chi connectivity index (χ2n) is 4.73. The molecule has 0 unspecified atom stereocenters. The van der Waals surface area contributed by atoms with Crippen molar-refractivity contribution in [1.29, 1.82) is 0 Å². The third-order valence-corrected chi connectivity index (χ3v) is 3.37. The summed E-state index contributed by atoms with van der Waals surface area (Å²) in [6, 6.07) is 13.8. The maximum absolute atomic E-state index is 4.75. The molecular formula is C17H15N3. The van der Waals surface area contributed by atoms with Gasteiger partial charge in [-0.2, -0.15) is 0 Å². The van der Waals surface area contributed by atoms with Crippen LogP contribution < -0.4 is 0 Å². The van der Waals surface area contributed by atoms with E-state index in [0.717, 1.165) is 28.3 Å². The molecule has 3 nitrogen and oxygen atoms in total. The van der Waals surface area contributed by atoms with Gasteiger partial charge in [0.15, 0.2) is 0 Å². The molecule has 3 heteroatoms. The van der Waals surface area contributed by atoms with Gasteiger partial charge in [-0.3, -0.25) is 9.97 Å². The Hall–Kier alpha value is -2.55. The zero-order valence-corrected chi connectivity index (χ0v) is 11.5. The van der Waals surface area contributed by atoms with E-state index in [9.17, 15) is 0 Å². The van der Waals surface area contributed by atoms with Crippen molar-refractivity contribution in [3.8, 4) is 22.8 Å². The van der Waals surface area contributed by atoms with E-state index in [-0.39, 0.29) is 0 Å². The Balaban J connectivity index is 2.19. The summed E-state index contributed by atoms with van der Waals surface area (Å²) >= 11 is 0. The second-order valence-corrected chi connectivity index (χ2v) is 4.73. The van der Waals surface area contributed by atoms with E-state index in [1.807, 2.05) is 36.4 Å². The SMILES string of the molecule is Cc1cc(-c2ccccn2)nc(-c2ccccn2)c1C. The maximum atomic E-state index is 4.75. The van der Waals surface area contributed by atoms with Gasteiger partial charge in [-0.15, -0.1) is 0 Å². The lowest BCUT2D eigenvalue weighted by Crippen LogP contribution is -1.97. The highest BCUT2D eigenvalue weighted by Gasteiger charge is 2.11. The molecule has 0 spiro atoms. The Bertz CT molecular complexity index is 722. The van der Waals surface area contributed by atoms with Crippen LogP contribution >= 0.6 is 0 Å². The topological polar surface area (TPSA) is 38.7 Å². The smallest absolute Gasteiger partial charge is 0.0926 e. The summed E-state index contributed by atoms with van der Waals surface area (Å²) < 4.78 is 0. The summed E-state index contributed by atoms with van der Waals surface area (Å²) in [4.78, 5) is 13.5. The molecule has 3 aromatic rings. The highest BCUT2D eigenvalue weighted by molar-refractivity contribution is 5.66. The van der Waals surface area contributed by atoms with Crippen LogP contribution in [0.4, 0.5) is 0 Å². The average Bonchev–Trinajstić information content (AvgIpc) is 2.51. The first-order valence-corrected chi connectivity index (χ1v) is 6.57. The molecule has 0 aromatic carbocycles. The van der Waals surface area contributed by atoms with Crippen molar-refractivity contribution in [3.63, 3.8) is 0 Å². The van der Waals surface area contributed by atoms with Crippen LogP contribution in [0.5, 0.6) is 0 Å². The minimum Gasteiger partial charge on any atom is -0.255 e. The number of nitrogens with zero attached hydrogens (tertiary/aromatic N) is 3. The van der Waals surface area contributed by atoms with Crippen LogP contribution in [0.3, 0.4) is 0 Å². The molecule has 0 atom stereocenters. The van der Waals surface area contributed by atoms with Gasteiger partial charge in [-0.05, 0) is 55.3 Å². The minimum absolute atomic E-state index is 0.882. The molecule has 0 aliphatic rings. The monoisotopic (exact) mass is 261 g/mol. The summed E-state index contributed by atoms with van der Waals surface area (Å²) in [7, 11) is 0. The Kier molecular flexibility index (Phi) is 3.25. The largest absolute Gasteiger partial charge is 0.255 e. The first-order chi connectivity index (χ1) is 9.75. The molecule has 0 fully saturated rings. The van der Waals surface area contributed by atoms with Gasteiger partial charge in [0.1, 0.15) is 0 Å².